The van der Waals surface area contributed by atoms with E-state index in [9.17, 15) is 24.0 Å². The summed E-state index contributed by atoms with van der Waals surface area (Å²) in [4.78, 5) is 11.7. The van der Waals surface area contributed by atoms with Gasteiger partial charge in [-0.2, -0.15) is 4.39 Å². The van der Waals surface area contributed by atoms with Gasteiger partial charge in [0.05, 0.1) is 17.8 Å². The van der Waals surface area contributed by atoms with E-state index in [-0.39, 0.29) is 11.5 Å². The van der Waals surface area contributed by atoms with Gasteiger partial charge in [-0.15, -0.1) is 0 Å². The topological polar surface area (TPSA) is 136 Å². The zero-order valence-electron chi connectivity index (χ0n) is 19.3. The molecule has 3 aliphatic rings. The summed E-state index contributed by atoms with van der Waals surface area (Å²) in [5.74, 6) is -7.43. The largest absolute Gasteiger partial charge is 0.530 e. The number of aliphatic hydroxyl groups excluding tert-OH is 2. The molecular weight excluding hydrogens is 457 g/mol. The van der Waals surface area contributed by atoms with Crippen molar-refractivity contribution in [3.8, 4) is 11.5 Å². The third kappa shape index (κ3) is 3.87. The fourth-order valence-corrected chi connectivity index (χ4v) is 4.08. The van der Waals surface area contributed by atoms with Crippen LogP contribution in [0.15, 0.2) is 42.6 Å². The Morgan fingerprint density at radius 2 is 2.28 bits per heavy atom. The number of nitrogens with one attached hydrogen (secondary N) is 1. The predicted octanol–water partition coefficient (Wildman–Crippen LogP) is 1.19. The van der Waals surface area contributed by atoms with E-state index in [0.29, 0.717) is 16.7 Å². The molecule has 0 saturated carbocycles. The lowest BCUT2D eigenvalue weighted by Crippen LogP contribution is -2.47. The average molecular weight is 479 g/mol. The quantitative estimate of drug-likeness (QED) is 0.529. The van der Waals surface area contributed by atoms with Crippen LogP contribution in [0.1, 0.15) is 9.68 Å². The number of alkyl halides is 1. The molecule has 0 aliphatic carbocycles. The van der Waals surface area contributed by atoms with Gasteiger partial charge in [0, 0.05) is 11.8 Å². The molecule has 3 aliphatic heterocycles. The Morgan fingerprint density at radius 1 is 1.53 bits per heavy atom. The minimum absolute atomic E-state index is 0.0855. The molecule has 174 valence electrons. The number of phosphoric acid groups is 1. The van der Waals surface area contributed by atoms with Gasteiger partial charge in [-0.25, -0.2) is 8.96 Å². The minimum atomic E-state index is -4.94. The van der Waals surface area contributed by atoms with Crippen molar-refractivity contribution >= 4 is 13.7 Å². The summed E-state index contributed by atoms with van der Waals surface area (Å²) < 4.78 is 91.8. The fourth-order valence-electron chi connectivity index (χ4n) is 2.97. The van der Waals surface area contributed by atoms with E-state index in [1.807, 2.05) is 5.32 Å². The average Bonchev–Trinajstić information content (AvgIpc) is 2.97. The van der Waals surface area contributed by atoms with E-state index in [2.05, 4.69) is 6.58 Å². The Hall–Kier alpha value is -2.54. The normalized spacial score (nSPS) is 38.6. The maximum atomic E-state index is 15.9. The molecule has 4 rings (SSSR count). The summed E-state index contributed by atoms with van der Waals surface area (Å²) in [5, 5.41) is 22.6. The number of hydrogen-bond acceptors (Lipinski definition) is 10. The standard InChI is InChI=1S/C18H19F2N2O9P/c1-9-21-16(25)11(19)6-22(9)17-13(23)15(24)18(20,30-17)8-29-32(26)28-7-10-4-3-5-12(27-2)14(10)31-32/h3-6,13,15,17,23-24H,1,7-8H2,2H3,(H,21,25)/t13-,15+,17-,18-,32?/m1/s1/i8D2,17D. The number of benzene rings is 1. The van der Waals surface area contributed by atoms with Gasteiger partial charge in [0.2, 0.25) is 5.83 Å². The van der Waals surface area contributed by atoms with Crippen LogP contribution >= 0.6 is 7.82 Å². The number of phosphoric ester groups is 1. The van der Waals surface area contributed by atoms with Crippen LogP contribution in [0.25, 0.3) is 0 Å². The molecule has 1 aromatic rings. The molecule has 1 aromatic carbocycles. The second kappa shape index (κ2) is 8.10. The maximum absolute atomic E-state index is 15.9. The van der Waals surface area contributed by atoms with Crippen molar-refractivity contribution in [3.05, 3.63) is 48.2 Å². The summed E-state index contributed by atoms with van der Waals surface area (Å²) in [5.41, 5.74) is 0.354. The van der Waals surface area contributed by atoms with E-state index in [4.69, 9.17) is 27.2 Å². The first kappa shape index (κ1) is 19.0. The van der Waals surface area contributed by atoms with Crippen molar-refractivity contribution in [3.63, 3.8) is 0 Å². The van der Waals surface area contributed by atoms with Crippen LogP contribution in [0.2, 0.25) is 0 Å². The monoisotopic (exact) mass is 479 g/mol. The Morgan fingerprint density at radius 3 is 3.00 bits per heavy atom. The fraction of sp³-hybridized carbons (Fsp3) is 0.389. The van der Waals surface area contributed by atoms with Gasteiger partial charge in [0.25, 0.3) is 11.8 Å². The predicted molar refractivity (Wildman–Crippen MR) is 101 cm³/mol. The summed E-state index contributed by atoms with van der Waals surface area (Å²) in [6.45, 7) is -0.979. The van der Waals surface area contributed by atoms with Gasteiger partial charge < -0.3 is 34.4 Å². The Bertz CT molecular complexity index is 1160. The second-order valence-corrected chi connectivity index (χ2v) is 8.19. The van der Waals surface area contributed by atoms with Crippen LogP contribution in [-0.4, -0.2) is 59.0 Å². The minimum Gasteiger partial charge on any atom is -0.493 e. The van der Waals surface area contributed by atoms with Crippen LogP contribution in [0.5, 0.6) is 11.5 Å². The smallest absolute Gasteiger partial charge is 0.493 e. The molecule has 1 unspecified atom stereocenters. The van der Waals surface area contributed by atoms with E-state index in [1.54, 1.807) is 6.07 Å². The molecular formula is C18H19F2N2O9P. The summed E-state index contributed by atoms with van der Waals surface area (Å²) in [6, 6.07) is 4.53. The van der Waals surface area contributed by atoms with Crippen LogP contribution in [0.3, 0.4) is 0 Å². The zero-order valence-corrected chi connectivity index (χ0v) is 17.2. The summed E-state index contributed by atoms with van der Waals surface area (Å²) in [6.07, 6.45) is -8.26. The lowest BCUT2D eigenvalue weighted by Gasteiger charge is -2.33. The number of nitrogens with zero attached hydrogens (tertiary/aromatic N) is 1. The number of aliphatic hydroxyl groups is 2. The van der Waals surface area contributed by atoms with Crippen molar-refractivity contribution in [2.24, 2.45) is 0 Å². The number of methoxy groups -OCH3 is 1. The molecule has 5 atom stereocenters. The van der Waals surface area contributed by atoms with E-state index < -0.39 is 62.8 Å². The number of hydrogen-bond donors (Lipinski definition) is 3. The van der Waals surface area contributed by atoms with Crippen LogP contribution in [0, 0.1) is 0 Å². The maximum Gasteiger partial charge on any atom is 0.530 e. The Labute approximate surface area is 184 Å². The molecule has 1 fully saturated rings. The number of carbonyl (C=O) groups excluding carboxylic acids is 1. The first-order chi connectivity index (χ1) is 16.2. The Kier molecular flexibility index (Phi) is 4.81. The molecule has 1 saturated heterocycles. The summed E-state index contributed by atoms with van der Waals surface area (Å²) in [7, 11) is -3.66. The number of para-hydroxylation sites is 1. The highest BCUT2D eigenvalue weighted by molar-refractivity contribution is 7.49. The first-order valence-electron chi connectivity index (χ1n) is 10.4. The molecule has 1 amide bonds. The van der Waals surface area contributed by atoms with Crippen molar-refractivity contribution in [1.29, 1.82) is 0 Å². The number of rotatable bonds is 5. The van der Waals surface area contributed by atoms with Gasteiger partial charge in [-0.1, -0.05) is 18.7 Å². The molecule has 0 radical (unpaired) electrons. The number of carbonyl (C=O) groups is 1. The lowest BCUT2D eigenvalue weighted by atomic mass is 10.1. The van der Waals surface area contributed by atoms with Gasteiger partial charge in [0.1, 0.15) is 24.6 Å². The van der Waals surface area contributed by atoms with Crippen molar-refractivity contribution in [2.75, 3.05) is 13.7 Å². The molecule has 11 nitrogen and oxygen atoms in total. The van der Waals surface area contributed by atoms with E-state index >= 15 is 4.39 Å². The highest BCUT2D eigenvalue weighted by atomic mass is 31.2. The van der Waals surface area contributed by atoms with Crippen LogP contribution in [-0.2, 0) is 29.8 Å². The Balaban J connectivity index is 1.64. The zero-order chi connectivity index (χ0) is 26.0. The molecule has 3 N–H and O–H groups in total. The molecule has 32 heavy (non-hydrogen) atoms. The molecule has 14 heteroatoms. The molecule has 0 aromatic heterocycles. The summed E-state index contributed by atoms with van der Waals surface area (Å²) >= 11 is 0. The highest BCUT2D eigenvalue weighted by Gasteiger charge is 2.59. The number of ether oxygens (including phenoxy) is 2. The van der Waals surface area contributed by atoms with Crippen molar-refractivity contribution < 1.29 is 55.5 Å². The van der Waals surface area contributed by atoms with Gasteiger partial charge >= 0.3 is 7.82 Å². The third-order valence-corrected chi connectivity index (χ3v) is 5.76. The highest BCUT2D eigenvalue weighted by Crippen LogP contribution is 2.57. The van der Waals surface area contributed by atoms with Gasteiger partial charge in [-0.3, -0.25) is 13.8 Å². The third-order valence-electron chi connectivity index (χ3n) is 4.59. The van der Waals surface area contributed by atoms with Gasteiger partial charge in [0.15, 0.2) is 17.7 Å². The molecule has 3 heterocycles. The lowest BCUT2D eigenvalue weighted by molar-refractivity contribution is -0.208. The van der Waals surface area contributed by atoms with Crippen molar-refractivity contribution in [2.45, 2.75) is 30.9 Å². The first-order valence-corrected chi connectivity index (χ1v) is 10.4. The van der Waals surface area contributed by atoms with E-state index in [1.165, 1.54) is 19.2 Å². The SMILES string of the molecule is [2H]C([2H])(OP1(=O)OCc2cccc(OC)c2O1)[C@@]1(F)O[C@@]([2H])(N2C=C(F)C(=O)NC2=C)[C@H](O)[C@@H]1O. The number of amides is 1. The number of halogens is 2. The van der Waals surface area contributed by atoms with Crippen LogP contribution < -0.4 is 14.6 Å². The van der Waals surface area contributed by atoms with Crippen LogP contribution in [0.4, 0.5) is 8.78 Å². The second-order valence-electron chi connectivity index (χ2n) is 6.68. The van der Waals surface area contributed by atoms with Gasteiger partial charge in [-0.05, 0) is 6.07 Å². The molecule has 0 bridgehead atoms. The molecule has 0 spiro atoms. The van der Waals surface area contributed by atoms with Crippen molar-refractivity contribution in [1.82, 2.24) is 10.2 Å². The van der Waals surface area contributed by atoms with E-state index in [0.717, 1.165) is 0 Å². The number of fused-ring (bicyclic) bond motifs is 1.